The van der Waals surface area contributed by atoms with Crippen LogP contribution in [0.3, 0.4) is 0 Å². The first kappa shape index (κ1) is 16.2. The van der Waals surface area contributed by atoms with Crippen LogP contribution in [0.25, 0.3) is 11.0 Å². The Hall–Kier alpha value is -2.25. The Bertz CT molecular complexity index is 898. The molecule has 3 heterocycles. The number of nitrogens with one attached hydrogen (secondary N) is 2. The van der Waals surface area contributed by atoms with E-state index in [0.29, 0.717) is 11.6 Å². The lowest BCUT2D eigenvalue weighted by atomic mass is 9.93. The Morgan fingerprint density at radius 1 is 1.40 bits per heavy atom. The number of nitrogens with zero attached hydrogens (tertiary/aromatic N) is 4. The summed E-state index contributed by atoms with van der Waals surface area (Å²) >= 11 is 5.82. The number of aromatic amines is 1. The van der Waals surface area contributed by atoms with E-state index in [1.54, 1.807) is 18.3 Å². The average molecular weight is 361 g/mol. The number of hydrogen-bond donors (Lipinski definition) is 2. The molecule has 0 radical (unpaired) electrons. The first-order valence-electron chi connectivity index (χ1n) is 8.16. The summed E-state index contributed by atoms with van der Waals surface area (Å²) in [6.45, 7) is 1.70. The minimum atomic E-state index is -0.373. The van der Waals surface area contributed by atoms with Crippen LogP contribution in [-0.4, -0.2) is 45.2 Å². The predicted octanol–water partition coefficient (Wildman–Crippen LogP) is 3.25. The molecule has 8 heteroatoms. The monoisotopic (exact) mass is 360 g/mol. The fourth-order valence-corrected chi connectivity index (χ4v) is 3.71. The van der Waals surface area contributed by atoms with Crippen LogP contribution in [0.1, 0.15) is 18.0 Å². The second-order valence-electron chi connectivity index (χ2n) is 6.38. The van der Waals surface area contributed by atoms with E-state index >= 15 is 0 Å². The Morgan fingerprint density at radius 2 is 2.28 bits per heavy atom. The molecule has 0 amide bonds. The summed E-state index contributed by atoms with van der Waals surface area (Å²) in [7, 11) is 2.07. The van der Waals surface area contributed by atoms with E-state index < -0.39 is 0 Å². The van der Waals surface area contributed by atoms with Gasteiger partial charge in [0.25, 0.3) is 0 Å². The molecule has 0 saturated carbocycles. The molecule has 1 aromatic carbocycles. The highest BCUT2D eigenvalue weighted by Gasteiger charge is 2.33. The molecule has 3 aromatic rings. The Labute approximate surface area is 149 Å². The van der Waals surface area contributed by atoms with E-state index in [1.165, 1.54) is 6.33 Å². The van der Waals surface area contributed by atoms with Crippen LogP contribution >= 0.6 is 11.6 Å². The lowest BCUT2D eigenvalue weighted by Gasteiger charge is -2.26. The van der Waals surface area contributed by atoms with Gasteiger partial charge >= 0.3 is 0 Å². The maximum Gasteiger partial charge on any atom is 0.160 e. The van der Waals surface area contributed by atoms with Gasteiger partial charge in [0, 0.05) is 12.6 Å². The largest absolute Gasteiger partial charge is 0.369 e. The second kappa shape index (κ2) is 6.57. The molecule has 0 spiro atoms. The first-order chi connectivity index (χ1) is 12.1. The number of aromatic nitrogens is 4. The van der Waals surface area contributed by atoms with Gasteiger partial charge in [-0.3, -0.25) is 10.00 Å². The third-order valence-corrected chi connectivity index (χ3v) is 5.15. The lowest BCUT2D eigenvalue weighted by molar-refractivity contribution is 0.281. The minimum absolute atomic E-state index is 0.140. The molecule has 2 aromatic heterocycles. The average Bonchev–Trinajstić information content (AvgIpc) is 3.22. The first-order valence-corrected chi connectivity index (χ1v) is 8.54. The Kier molecular flexibility index (Phi) is 4.27. The smallest absolute Gasteiger partial charge is 0.160 e. The van der Waals surface area contributed by atoms with Crippen molar-refractivity contribution in [3.8, 4) is 0 Å². The third kappa shape index (κ3) is 3.05. The minimum Gasteiger partial charge on any atom is -0.369 e. The molecule has 0 aliphatic carbocycles. The summed E-state index contributed by atoms with van der Waals surface area (Å²) in [5, 5.41) is 11.3. The fourth-order valence-electron chi connectivity index (χ4n) is 3.60. The van der Waals surface area contributed by atoms with Crippen molar-refractivity contribution in [2.75, 3.05) is 25.5 Å². The van der Waals surface area contributed by atoms with Gasteiger partial charge in [0.1, 0.15) is 18.0 Å². The van der Waals surface area contributed by atoms with E-state index in [0.717, 1.165) is 36.3 Å². The van der Waals surface area contributed by atoms with Crippen molar-refractivity contribution in [3.63, 3.8) is 0 Å². The molecular formula is C17H18ClFN6. The number of anilines is 1. The SMILES string of the molecule is CN1CCC(CNc2ncnc3[nH]ncc23)C1c1ccc(Cl)c(F)c1. The van der Waals surface area contributed by atoms with Crippen LogP contribution in [0, 0.1) is 11.7 Å². The number of hydrogen-bond acceptors (Lipinski definition) is 5. The molecule has 4 rings (SSSR count). The summed E-state index contributed by atoms with van der Waals surface area (Å²) in [6, 6.07) is 5.22. The molecule has 130 valence electrons. The fraction of sp³-hybridized carbons (Fsp3) is 0.353. The zero-order valence-corrected chi connectivity index (χ0v) is 14.5. The van der Waals surface area contributed by atoms with Crippen LogP contribution in [0.2, 0.25) is 5.02 Å². The van der Waals surface area contributed by atoms with E-state index in [2.05, 4.69) is 37.4 Å². The van der Waals surface area contributed by atoms with E-state index in [-0.39, 0.29) is 16.9 Å². The molecule has 1 aliphatic rings. The number of rotatable bonds is 4. The number of likely N-dealkylation sites (tertiary alicyclic amines) is 1. The van der Waals surface area contributed by atoms with E-state index in [9.17, 15) is 4.39 Å². The van der Waals surface area contributed by atoms with Gasteiger partial charge in [-0.05, 0) is 43.6 Å². The van der Waals surface area contributed by atoms with Crippen molar-refractivity contribution < 1.29 is 4.39 Å². The van der Waals surface area contributed by atoms with Crippen molar-refractivity contribution in [3.05, 3.63) is 47.1 Å². The molecule has 2 atom stereocenters. The summed E-state index contributed by atoms with van der Waals surface area (Å²) in [5.41, 5.74) is 1.65. The van der Waals surface area contributed by atoms with Crippen molar-refractivity contribution in [2.24, 2.45) is 5.92 Å². The van der Waals surface area contributed by atoms with Gasteiger partial charge in [-0.15, -0.1) is 0 Å². The molecule has 0 bridgehead atoms. The number of benzene rings is 1. The predicted molar refractivity (Wildman–Crippen MR) is 95.1 cm³/mol. The second-order valence-corrected chi connectivity index (χ2v) is 6.79. The highest BCUT2D eigenvalue weighted by atomic mass is 35.5. The van der Waals surface area contributed by atoms with Gasteiger partial charge < -0.3 is 5.32 Å². The van der Waals surface area contributed by atoms with Gasteiger partial charge in [-0.1, -0.05) is 17.7 Å². The van der Waals surface area contributed by atoms with Crippen LogP contribution in [0.15, 0.2) is 30.7 Å². The highest BCUT2D eigenvalue weighted by Crippen LogP contribution is 2.37. The van der Waals surface area contributed by atoms with Crippen molar-refractivity contribution in [2.45, 2.75) is 12.5 Å². The zero-order chi connectivity index (χ0) is 17.4. The molecular weight excluding hydrogens is 343 g/mol. The van der Waals surface area contributed by atoms with Crippen LogP contribution in [0.4, 0.5) is 10.2 Å². The lowest BCUT2D eigenvalue weighted by Crippen LogP contribution is -2.25. The van der Waals surface area contributed by atoms with Gasteiger partial charge in [0.15, 0.2) is 5.65 Å². The molecule has 1 aliphatic heterocycles. The maximum absolute atomic E-state index is 13.9. The van der Waals surface area contributed by atoms with Gasteiger partial charge in [0.05, 0.1) is 16.6 Å². The Morgan fingerprint density at radius 3 is 3.12 bits per heavy atom. The van der Waals surface area contributed by atoms with Crippen molar-refractivity contribution >= 4 is 28.5 Å². The number of fused-ring (bicyclic) bond motifs is 1. The Balaban J connectivity index is 1.54. The molecule has 25 heavy (non-hydrogen) atoms. The highest BCUT2D eigenvalue weighted by molar-refractivity contribution is 6.30. The van der Waals surface area contributed by atoms with E-state index in [4.69, 9.17) is 11.6 Å². The van der Waals surface area contributed by atoms with E-state index in [1.807, 2.05) is 6.07 Å². The van der Waals surface area contributed by atoms with Crippen LogP contribution < -0.4 is 5.32 Å². The van der Waals surface area contributed by atoms with Gasteiger partial charge in [0.2, 0.25) is 0 Å². The summed E-state index contributed by atoms with van der Waals surface area (Å²) in [4.78, 5) is 10.7. The van der Waals surface area contributed by atoms with Crippen molar-refractivity contribution in [1.29, 1.82) is 0 Å². The standard InChI is InChI=1S/C17H18ClFN6/c1-25-5-4-11(15(25)10-2-3-13(18)14(19)6-10)7-20-16-12-8-23-24-17(12)22-9-21-16/h2-3,6,8-9,11,15H,4-5,7H2,1H3,(H2,20,21,22,23,24). The van der Waals surface area contributed by atoms with Gasteiger partial charge in [-0.25, -0.2) is 14.4 Å². The molecule has 2 unspecified atom stereocenters. The summed E-state index contributed by atoms with van der Waals surface area (Å²) in [5.74, 6) is 0.721. The topological polar surface area (TPSA) is 69.7 Å². The normalized spacial score (nSPS) is 21.1. The molecule has 2 N–H and O–H groups in total. The maximum atomic E-state index is 13.9. The van der Waals surface area contributed by atoms with Crippen molar-refractivity contribution in [1.82, 2.24) is 25.1 Å². The molecule has 6 nitrogen and oxygen atoms in total. The quantitative estimate of drug-likeness (QED) is 0.747. The van der Waals surface area contributed by atoms with Crippen LogP contribution in [0.5, 0.6) is 0 Å². The number of halogens is 2. The van der Waals surface area contributed by atoms with Gasteiger partial charge in [-0.2, -0.15) is 5.10 Å². The summed E-state index contributed by atoms with van der Waals surface area (Å²) < 4.78 is 13.9. The number of H-pyrrole nitrogens is 1. The molecule has 1 fully saturated rings. The molecule has 1 saturated heterocycles. The zero-order valence-electron chi connectivity index (χ0n) is 13.7. The van der Waals surface area contributed by atoms with Crippen LogP contribution in [-0.2, 0) is 0 Å². The third-order valence-electron chi connectivity index (χ3n) is 4.84. The summed E-state index contributed by atoms with van der Waals surface area (Å²) in [6.07, 6.45) is 4.25.